The zero-order valence-corrected chi connectivity index (χ0v) is 17.1. The van der Waals surface area contributed by atoms with Crippen molar-refractivity contribution >= 4 is 50.7 Å². The van der Waals surface area contributed by atoms with Gasteiger partial charge in [0.25, 0.3) is 5.91 Å². The van der Waals surface area contributed by atoms with Gasteiger partial charge in [0.05, 0.1) is 25.9 Å². The quantitative estimate of drug-likeness (QED) is 0.403. The van der Waals surface area contributed by atoms with Gasteiger partial charge >= 0.3 is 5.97 Å². The molecule has 0 saturated heterocycles. The second kappa shape index (κ2) is 9.66. The largest absolute Gasteiger partial charge is 0.453 e. The average Bonchev–Trinajstić information content (AvgIpc) is 3.10. The van der Waals surface area contributed by atoms with E-state index in [0.717, 1.165) is 23.4 Å². The molecule has 1 aromatic heterocycles. The van der Waals surface area contributed by atoms with Gasteiger partial charge in [-0.2, -0.15) is 0 Å². The van der Waals surface area contributed by atoms with Crippen molar-refractivity contribution in [2.24, 2.45) is 0 Å². The van der Waals surface area contributed by atoms with Gasteiger partial charge in [0, 0.05) is 6.42 Å². The number of thiazole rings is 1. The molecule has 7 heteroatoms. The third-order valence-electron chi connectivity index (χ3n) is 4.17. The molecule has 1 atom stereocenters. The topological polar surface area (TPSA) is 68.3 Å². The Labute approximate surface area is 172 Å². The number of carbonyl (C=O) groups excluding carboxylic acids is 2. The van der Waals surface area contributed by atoms with Crippen molar-refractivity contribution in [2.75, 3.05) is 5.32 Å². The number of aryl methyl sites for hydroxylation is 1. The standard InChI is InChI=1S/C21H21ClN2O3S/c1-14(21(26)24-16-9-3-2-8-15(16)22)27-20(25)13-7-6-12-19-23-17-10-4-5-11-18(17)28-19/h2-5,8-11,14H,6-7,12-13H2,1H3,(H,24,26)/t14-/m1/s1. The number of hydrogen-bond donors (Lipinski definition) is 1. The van der Waals surface area contributed by atoms with Gasteiger partial charge in [0.1, 0.15) is 0 Å². The summed E-state index contributed by atoms with van der Waals surface area (Å²) in [5.41, 5.74) is 1.51. The van der Waals surface area contributed by atoms with Gasteiger partial charge < -0.3 is 10.1 Å². The van der Waals surface area contributed by atoms with Crippen molar-refractivity contribution in [1.82, 2.24) is 4.98 Å². The fraction of sp³-hybridized carbons (Fsp3) is 0.286. The SMILES string of the molecule is C[C@@H](OC(=O)CCCCc1nc2ccccc2s1)C(=O)Nc1ccccc1Cl. The van der Waals surface area contributed by atoms with E-state index in [1.807, 2.05) is 18.2 Å². The Morgan fingerprint density at radius 1 is 1.14 bits per heavy atom. The molecule has 0 fully saturated rings. The number of benzene rings is 2. The number of nitrogens with zero attached hydrogens (tertiary/aromatic N) is 1. The minimum absolute atomic E-state index is 0.272. The first kappa shape index (κ1) is 20.3. The first-order chi connectivity index (χ1) is 13.5. The zero-order valence-electron chi connectivity index (χ0n) is 15.5. The number of unbranched alkanes of at least 4 members (excludes halogenated alkanes) is 1. The first-order valence-electron chi connectivity index (χ1n) is 9.12. The van der Waals surface area contributed by atoms with Crippen LogP contribution in [0.1, 0.15) is 31.2 Å². The van der Waals surface area contributed by atoms with Gasteiger partial charge in [-0.05, 0) is 50.5 Å². The Morgan fingerprint density at radius 3 is 2.68 bits per heavy atom. The van der Waals surface area contributed by atoms with Crippen molar-refractivity contribution in [3.8, 4) is 0 Å². The molecule has 0 aliphatic carbocycles. The highest BCUT2D eigenvalue weighted by Gasteiger charge is 2.18. The Morgan fingerprint density at radius 2 is 1.89 bits per heavy atom. The third kappa shape index (κ3) is 5.53. The van der Waals surface area contributed by atoms with E-state index in [4.69, 9.17) is 16.3 Å². The number of halogens is 1. The first-order valence-corrected chi connectivity index (χ1v) is 10.3. The van der Waals surface area contributed by atoms with Crippen LogP contribution >= 0.6 is 22.9 Å². The summed E-state index contributed by atoms with van der Waals surface area (Å²) in [4.78, 5) is 28.7. The monoisotopic (exact) mass is 416 g/mol. The molecular weight excluding hydrogens is 396 g/mol. The molecule has 3 rings (SSSR count). The van der Waals surface area contributed by atoms with Crippen LogP contribution in [-0.4, -0.2) is 23.0 Å². The lowest BCUT2D eigenvalue weighted by Crippen LogP contribution is -2.30. The zero-order chi connectivity index (χ0) is 19.9. The lowest BCUT2D eigenvalue weighted by Gasteiger charge is -2.14. The van der Waals surface area contributed by atoms with Gasteiger partial charge in [-0.15, -0.1) is 11.3 Å². The summed E-state index contributed by atoms with van der Waals surface area (Å²) in [5.74, 6) is -0.790. The number of para-hydroxylation sites is 2. The van der Waals surface area contributed by atoms with E-state index in [1.165, 1.54) is 4.70 Å². The van der Waals surface area contributed by atoms with Crippen molar-refractivity contribution in [3.63, 3.8) is 0 Å². The lowest BCUT2D eigenvalue weighted by molar-refractivity contribution is -0.153. The molecule has 0 saturated carbocycles. The van der Waals surface area contributed by atoms with E-state index in [-0.39, 0.29) is 12.4 Å². The van der Waals surface area contributed by atoms with Crippen molar-refractivity contribution in [1.29, 1.82) is 0 Å². The number of esters is 1. The molecule has 0 spiro atoms. The maximum atomic E-state index is 12.1. The highest BCUT2D eigenvalue weighted by atomic mass is 35.5. The lowest BCUT2D eigenvalue weighted by atomic mass is 10.2. The Bertz CT molecular complexity index is 940. The Kier molecular flexibility index (Phi) is 7.01. The molecule has 1 N–H and O–H groups in total. The highest BCUT2D eigenvalue weighted by Crippen LogP contribution is 2.23. The minimum atomic E-state index is -0.881. The van der Waals surface area contributed by atoms with Gasteiger partial charge in [0.2, 0.25) is 0 Å². The van der Waals surface area contributed by atoms with Crippen LogP contribution in [0, 0.1) is 0 Å². The number of aromatic nitrogens is 1. The minimum Gasteiger partial charge on any atom is -0.453 e. The molecule has 2 aromatic carbocycles. The van der Waals surface area contributed by atoms with Crippen LogP contribution in [0.3, 0.4) is 0 Å². The molecule has 0 unspecified atom stereocenters. The molecule has 5 nitrogen and oxygen atoms in total. The third-order valence-corrected chi connectivity index (χ3v) is 5.59. The fourth-order valence-corrected chi connectivity index (χ4v) is 3.87. The number of amides is 1. The maximum absolute atomic E-state index is 12.1. The Balaban J connectivity index is 1.38. The second-order valence-electron chi connectivity index (χ2n) is 6.38. The average molecular weight is 417 g/mol. The molecule has 1 heterocycles. The van der Waals surface area contributed by atoms with Crippen molar-refractivity contribution in [3.05, 3.63) is 58.6 Å². The number of fused-ring (bicyclic) bond motifs is 1. The summed E-state index contributed by atoms with van der Waals surface area (Å²) in [6.07, 6.45) is 1.75. The number of hydrogen-bond acceptors (Lipinski definition) is 5. The van der Waals surface area contributed by atoms with Gasteiger partial charge in [0.15, 0.2) is 6.10 Å². The van der Waals surface area contributed by atoms with Crippen LogP contribution in [0.15, 0.2) is 48.5 Å². The van der Waals surface area contributed by atoms with Crippen molar-refractivity contribution < 1.29 is 14.3 Å². The molecule has 0 aliphatic rings. The van der Waals surface area contributed by atoms with E-state index in [2.05, 4.69) is 16.4 Å². The molecular formula is C21H21ClN2O3S. The molecule has 0 bridgehead atoms. The highest BCUT2D eigenvalue weighted by molar-refractivity contribution is 7.18. The van der Waals surface area contributed by atoms with E-state index in [9.17, 15) is 9.59 Å². The van der Waals surface area contributed by atoms with Crippen molar-refractivity contribution in [2.45, 2.75) is 38.7 Å². The van der Waals surface area contributed by atoms with Crippen LogP contribution in [-0.2, 0) is 20.7 Å². The van der Waals surface area contributed by atoms with Crippen LogP contribution < -0.4 is 5.32 Å². The summed E-state index contributed by atoms with van der Waals surface area (Å²) < 4.78 is 6.39. The number of rotatable bonds is 8. The van der Waals surface area contributed by atoms with Gasteiger partial charge in [-0.3, -0.25) is 9.59 Å². The number of ether oxygens (including phenoxy) is 1. The van der Waals surface area contributed by atoms with E-state index in [1.54, 1.807) is 42.5 Å². The molecule has 1 amide bonds. The van der Waals surface area contributed by atoms with Gasteiger partial charge in [-0.1, -0.05) is 35.9 Å². The molecule has 0 radical (unpaired) electrons. The molecule has 28 heavy (non-hydrogen) atoms. The predicted molar refractivity (Wildman–Crippen MR) is 113 cm³/mol. The van der Waals surface area contributed by atoms with E-state index >= 15 is 0 Å². The maximum Gasteiger partial charge on any atom is 0.306 e. The van der Waals surface area contributed by atoms with Crippen LogP contribution in [0.2, 0.25) is 5.02 Å². The van der Waals surface area contributed by atoms with Crippen LogP contribution in [0.5, 0.6) is 0 Å². The normalized spacial score (nSPS) is 11.9. The van der Waals surface area contributed by atoms with Crippen LogP contribution in [0.4, 0.5) is 5.69 Å². The second-order valence-corrected chi connectivity index (χ2v) is 7.91. The molecule has 146 valence electrons. The summed E-state index contributed by atoms with van der Waals surface area (Å²) in [6.45, 7) is 1.55. The summed E-state index contributed by atoms with van der Waals surface area (Å²) in [7, 11) is 0. The summed E-state index contributed by atoms with van der Waals surface area (Å²) in [5, 5.41) is 4.17. The summed E-state index contributed by atoms with van der Waals surface area (Å²) >= 11 is 7.69. The number of carbonyl (C=O) groups is 2. The van der Waals surface area contributed by atoms with Crippen LogP contribution in [0.25, 0.3) is 10.2 Å². The summed E-state index contributed by atoms with van der Waals surface area (Å²) in [6, 6.07) is 15.0. The molecule has 3 aromatic rings. The van der Waals surface area contributed by atoms with Gasteiger partial charge in [-0.25, -0.2) is 4.98 Å². The van der Waals surface area contributed by atoms with E-state index in [0.29, 0.717) is 17.1 Å². The molecule has 0 aliphatic heterocycles. The Hall–Kier alpha value is -2.44. The fourth-order valence-electron chi connectivity index (χ4n) is 2.68. The number of nitrogens with one attached hydrogen (secondary N) is 1. The smallest absolute Gasteiger partial charge is 0.306 e. The van der Waals surface area contributed by atoms with E-state index < -0.39 is 12.0 Å². The predicted octanol–water partition coefficient (Wildman–Crippen LogP) is 5.23. The number of anilines is 1.